The van der Waals surface area contributed by atoms with Gasteiger partial charge in [-0.05, 0) is 6.07 Å². The highest BCUT2D eigenvalue weighted by molar-refractivity contribution is 5.16. The smallest absolute Gasteiger partial charge is 0.122 e. The van der Waals surface area contributed by atoms with Crippen molar-refractivity contribution in [1.29, 1.82) is 0 Å². The molecule has 0 bridgehead atoms. The second kappa shape index (κ2) is 7.22. The number of nitrogens with two attached hydrogens (primary N) is 1. The van der Waals surface area contributed by atoms with E-state index in [2.05, 4.69) is 11.5 Å². The summed E-state index contributed by atoms with van der Waals surface area (Å²) in [5.41, 5.74) is 6.68. The van der Waals surface area contributed by atoms with E-state index < -0.39 is 0 Å². The predicted octanol–water partition coefficient (Wildman–Crippen LogP) is 1.37. The Hall–Kier alpha value is -1.10. The topological polar surface area (TPSA) is 51.6 Å². The molecule has 0 saturated heterocycles. The first kappa shape index (κ1) is 13.0. The number of rotatable bonds is 8. The minimum Gasteiger partial charge on any atom is -0.468 e. The van der Waals surface area contributed by atoms with Gasteiger partial charge in [-0.1, -0.05) is 6.08 Å². The number of furan rings is 1. The second-order valence-corrected chi connectivity index (χ2v) is 3.59. The molecular formula is C12H20N2O2. The molecule has 0 aromatic carbocycles. The summed E-state index contributed by atoms with van der Waals surface area (Å²) < 4.78 is 10.5. The van der Waals surface area contributed by atoms with Crippen molar-refractivity contribution in [2.45, 2.75) is 13.1 Å². The van der Waals surface area contributed by atoms with Crippen molar-refractivity contribution in [3.05, 3.63) is 36.3 Å². The lowest BCUT2D eigenvalue weighted by Crippen LogP contribution is -2.27. The lowest BCUT2D eigenvalue weighted by Gasteiger charge is -2.19. The van der Waals surface area contributed by atoms with Crippen molar-refractivity contribution in [2.75, 3.05) is 26.8 Å². The van der Waals surface area contributed by atoms with E-state index in [0.717, 1.165) is 31.0 Å². The molecule has 0 fully saturated rings. The summed E-state index contributed by atoms with van der Waals surface area (Å²) in [5.74, 6) is 0.931. The first-order valence-electron chi connectivity index (χ1n) is 5.39. The molecule has 2 N–H and O–H groups in total. The van der Waals surface area contributed by atoms with Crippen LogP contribution < -0.4 is 5.73 Å². The third-order valence-corrected chi connectivity index (χ3v) is 2.42. The molecule has 0 atom stereocenters. The van der Waals surface area contributed by atoms with Gasteiger partial charge in [-0.15, -0.1) is 6.58 Å². The highest BCUT2D eigenvalue weighted by Gasteiger charge is 2.10. The van der Waals surface area contributed by atoms with Gasteiger partial charge in [-0.3, -0.25) is 4.90 Å². The van der Waals surface area contributed by atoms with Gasteiger partial charge in [-0.25, -0.2) is 0 Å². The molecule has 1 aromatic rings. The van der Waals surface area contributed by atoms with E-state index in [9.17, 15) is 0 Å². The summed E-state index contributed by atoms with van der Waals surface area (Å²) in [5, 5.41) is 0. The molecule has 4 nitrogen and oxygen atoms in total. The van der Waals surface area contributed by atoms with E-state index in [-0.39, 0.29) is 0 Å². The molecule has 16 heavy (non-hydrogen) atoms. The molecule has 0 aliphatic heterocycles. The lowest BCUT2D eigenvalue weighted by molar-refractivity contribution is 0.146. The van der Waals surface area contributed by atoms with E-state index in [0.29, 0.717) is 13.2 Å². The first-order valence-corrected chi connectivity index (χ1v) is 5.39. The maximum absolute atomic E-state index is 5.62. The Kier molecular flexibility index (Phi) is 5.85. The molecule has 0 radical (unpaired) electrons. The molecular weight excluding hydrogens is 204 g/mol. The lowest BCUT2D eigenvalue weighted by atomic mass is 10.2. The molecule has 90 valence electrons. The molecule has 0 aliphatic rings. The van der Waals surface area contributed by atoms with Crippen LogP contribution in [0.3, 0.4) is 0 Å². The molecule has 1 aromatic heterocycles. The Balaban J connectivity index is 2.55. The van der Waals surface area contributed by atoms with Crippen LogP contribution in [-0.4, -0.2) is 31.7 Å². The third-order valence-electron chi connectivity index (χ3n) is 2.42. The number of hydrogen-bond donors (Lipinski definition) is 1. The van der Waals surface area contributed by atoms with Crippen LogP contribution in [-0.2, 0) is 17.8 Å². The highest BCUT2D eigenvalue weighted by Crippen LogP contribution is 2.12. The van der Waals surface area contributed by atoms with Gasteiger partial charge in [0.15, 0.2) is 0 Å². The van der Waals surface area contributed by atoms with Crippen LogP contribution >= 0.6 is 0 Å². The summed E-state index contributed by atoms with van der Waals surface area (Å²) in [4.78, 5) is 2.20. The maximum atomic E-state index is 5.62. The fraction of sp³-hybridized carbons (Fsp3) is 0.500. The molecule has 0 saturated carbocycles. The minimum absolute atomic E-state index is 0.512. The van der Waals surface area contributed by atoms with Gasteiger partial charge in [0, 0.05) is 32.3 Å². The highest BCUT2D eigenvalue weighted by atomic mass is 16.5. The Labute approximate surface area is 96.7 Å². The zero-order chi connectivity index (χ0) is 11.8. The van der Waals surface area contributed by atoms with E-state index >= 15 is 0 Å². The Morgan fingerprint density at radius 2 is 2.44 bits per heavy atom. The molecule has 0 aliphatic carbocycles. The van der Waals surface area contributed by atoms with Crippen molar-refractivity contribution >= 4 is 0 Å². The van der Waals surface area contributed by atoms with Crippen molar-refractivity contribution in [3.63, 3.8) is 0 Å². The van der Waals surface area contributed by atoms with E-state index in [1.165, 1.54) is 0 Å². The fourth-order valence-electron chi connectivity index (χ4n) is 1.53. The Morgan fingerprint density at radius 1 is 1.62 bits per heavy atom. The van der Waals surface area contributed by atoms with Crippen molar-refractivity contribution in [3.8, 4) is 0 Å². The third kappa shape index (κ3) is 3.81. The quantitative estimate of drug-likeness (QED) is 0.678. The zero-order valence-corrected chi connectivity index (χ0v) is 9.82. The van der Waals surface area contributed by atoms with Crippen LogP contribution in [0.2, 0.25) is 0 Å². The van der Waals surface area contributed by atoms with Crippen molar-refractivity contribution in [2.24, 2.45) is 5.73 Å². The van der Waals surface area contributed by atoms with Gasteiger partial charge in [0.2, 0.25) is 0 Å². The van der Waals surface area contributed by atoms with Crippen LogP contribution in [0.25, 0.3) is 0 Å². The summed E-state index contributed by atoms with van der Waals surface area (Å²) in [6.45, 7) is 7.37. The van der Waals surface area contributed by atoms with Crippen LogP contribution in [0.5, 0.6) is 0 Å². The largest absolute Gasteiger partial charge is 0.468 e. The van der Waals surface area contributed by atoms with Crippen molar-refractivity contribution < 1.29 is 9.15 Å². The zero-order valence-electron chi connectivity index (χ0n) is 9.82. The molecule has 4 heteroatoms. The normalized spacial score (nSPS) is 10.9. The maximum Gasteiger partial charge on any atom is 0.122 e. The monoisotopic (exact) mass is 224 g/mol. The van der Waals surface area contributed by atoms with E-state index in [4.69, 9.17) is 14.9 Å². The van der Waals surface area contributed by atoms with Crippen LogP contribution in [0, 0.1) is 0 Å². The Bertz CT molecular complexity index is 310. The van der Waals surface area contributed by atoms with Crippen LogP contribution in [0.1, 0.15) is 11.3 Å². The standard InChI is InChI=1S/C12H20N2O2/c1-3-5-14(6-8-15-2)10-12-11(9-13)4-7-16-12/h3-4,7H,1,5-6,8-10,13H2,2H3. The second-order valence-electron chi connectivity index (χ2n) is 3.59. The molecule has 0 amide bonds. The van der Waals surface area contributed by atoms with Crippen LogP contribution in [0.15, 0.2) is 29.4 Å². The molecule has 1 rings (SSSR count). The van der Waals surface area contributed by atoms with Crippen LogP contribution in [0.4, 0.5) is 0 Å². The van der Waals surface area contributed by atoms with Gasteiger partial charge >= 0.3 is 0 Å². The molecule has 0 spiro atoms. The molecule has 0 unspecified atom stereocenters. The van der Waals surface area contributed by atoms with E-state index in [1.807, 2.05) is 12.1 Å². The van der Waals surface area contributed by atoms with Gasteiger partial charge in [0.05, 0.1) is 19.4 Å². The number of ether oxygens (including phenoxy) is 1. The van der Waals surface area contributed by atoms with Gasteiger partial charge in [0.25, 0.3) is 0 Å². The Morgan fingerprint density at radius 3 is 3.06 bits per heavy atom. The number of methoxy groups -OCH3 is 1. The summed E-state index contributed by atoms with van der Waals surface area (Å²) in [6.07, 6.45) is 3.56. The van der Waals surface area contributed by atoms with Gasteiger partial charge < -0.3 is 14.9 Å². The first-order chi connectivity index (χ1) is 7.81. The van der Waals surface area contributed by atoms with Crippen molar-refractivity contribution in [1.82, 2.24) is 4.90 Å². The summed E-state index contributed by atoms with van der Waals surface area (Å²) in [6, 6.07) is 1.91. The van der Waals surface area contributed by atoms with E-state index in [1.54, 1.807) is 13.4 Å². The fourth-order valence-corrected chi connectivity index (χ4v) is 1.53. The molecule has 1 heterocycles. The minimum atomic E-state index is 0.512. The van der Waals surface area contributed by atoms with Gasteiger partial charge in [0.1, 0.15) is 5.76 Å². The average molecular weight is 224 g/mol. The predicted molar refractivity (Wildman–Crippen MR) is 63.9 cm³/mol. The number of nitrogens with zero attached hydrogens (tertiary/aromatic N) is 1. The van der Waals surface area contributed by atoms with Gasteiger partial charge in [-0.2, -0.15) is 0 Å². The summed E-state index contributed by atoms with van der Waals surface area (Å²) in [7, 11) is 1.70. The summed E-state index contributed by atoms with van der Waals surface area (Å²) >= 11 is 0. The SMILES string of the molecule is C=CCN(CCOC)Cc1occc1CN. The average Bonchev–Trinajstić information content (AvgIpc) is 2.73. The number of hydrogen-bond acceptors (Lipinski definition) is 4.